The molecular weight excluding hydrogens is 334 g/mol. The molecule has 7 heteroatoms. The van der Waals surface area contributed by atoms with E-state index in [2.05, 4.69) is 10.1 Å². The number of hydrogen-bond donors (Lipinski definition) is 3. The maximum atomic E-state index is 12.2. The second-order valence-corrected chi connectivity index (χ2v) is 6.13. The highest BCUT2D eigenvalue weighted by molar-refractivity contribution is 6.00. The van der Waals surface area contributed by atoms with E-state index in [1.165, 1.54) is 7.11 Å². The van der Waals surface area contributed by atoms with Crippen LogP contribution in [0.3, 0.4) is 0 Å². The zero-order chi connectivity index (χ0) is 18.9. The third kappa shape index (κ3) is 5.61. The molecule has 0 aliphatic carbocycles. The molecule has 0 saturated heterocycles. The van der Waals surface area contributed by atoms with Crippen LogP contribution in [0.4, 0.5) is 0 Å². The fourth-order valence-corrected chi connectivity index (χ4v) is 2.64. The van der Waals surface area contributed by atoms with Crippen LogP contribution in [0.5, 0.6) is 0 Å². The summed E-state index contributed by atoms with van der Waals surface area (Å²) in [4.78, 5) is 23.1. The largest absolute Gasteiger partial charge is 0.469 e. The molecule has 0 radical (unpaired) electrons. The molecule has 2 rings (SSSR count). The summed E-state index contributed by atoms with van der Waals surface area (Å²) < 4.78 is 10.1. The maximum Gasteiger partial charge on any atom is 0.305 e. The average molecular weight is 359 g/mol. The van der Waals surface area contributed by atoms with Gasteiger partial charge in [0.2, 0.25) is 0 Å². The number of nitrogen functional groups attached to an aromatic ring is 1. The van der Waals surface area contributed by atoms with Gasteiger partial charge in [0.25, 0.3) is 5.91 Å². The zero-order valence-electron chi connectivity index (χ0n) is 15.0. The van der Waals surface area contributed by atoms with E-state index in [0.717, 1.165) is 37.5 Å². The second kappa shape index (κ2) is 9.60. The molecule has 4 N–H and O–H groups in total. The quantitative estimate of drug-likeness (QED) is 0.261. The van der Waals surface area contributed by atoms with Crippen molar-refractivity contribution in [1.82, 2.24) is 5.32 Å². The Morgan fingerprint density at radius 3 is 2.62 bits per heavy atom. The number of hydrogen-bond acceptors (Lipinski definition) is 5. The average Bonchev–Trinajstić information content (AvgIpc) is 3.06. The molecule has 1 heterocycles. The van der Waals surface area contributed by atoms with Crippen molar-refractivity contribution in [2.24, 2.45) is 5.73 Å². The lowest BCUT2D eigenvalue weighted by Crippen LogP contribution is -2.23. The SMILES string of the molecule is COC(=O)CCCCCCCNC(=O)c1cc2cc(C(=N)N)ccc2o1. The molecule has 2 aromatic rings. The number of unbranched alkanes of at least 4 members (excludes halogenated alkanes) is 4. The standard InChI is InChI=1S/C19H25N3O4/c1-25-17(23)7-5-3-2-4-6-10-22-19(24)16-12-14-11-13(18(20)21)8-9-15(14)26-16/h8-9,11-12H,2-7,10H2,1H3,(H3,20,21)(H,22,24). The van der Waals surface area contributed by atoms with E-state index in [0.29, 0.717) is 24.1 Å². The van der Waals surface area contributed by atoms with Gasteiger partial charge in [-0.05, 0) is 37.1 Å². The van der Waals surface area contributed by atoms with Crippen LogP contribution in [0.25, 0.3) is 11.0 Å². The molecule has 0 unspecified atom stereocenters. The third-order valence-electron chi connectivity index (χ3n) is 4.12. The minimum atomic E-state index is -0.253. The number of amidine groups is 1. The third-order valence-corrected chi connectivity index (χ3v) is 4.12. The van der Waals surface area contributed by atoms with Gasteiger partial charge in [0.15, 0.2) is 5.76 Å². The Morgan fingerprint density at radius 2 is 1.88 bits per heavy atom. The van der Waals surface area contributed by atoms with Crippen molar-refractivity contribution >= 4 is 28.7 Å². The summed E-state index contributed by atoms with van der Waals surface area (Å²) in [7, 11) is 1.40. The lowest BCUT2D eigenvalue weighted by Gasteiger charge is -2.03. The van der Waals surface area contributed by atoms with Gasteiger partial charge in [-0.3, -0.25) is 15.0 Å². The number of benzene rings is 1. The Morgan fingerprint density at radius 1 is 1.15 bits per heavy atom. The molecule has 1 aromatic heterocycles. The smallest absolute Gasteiger partial charge is 0.305 e. The second-order valence-electron chi connectivity index (χ2n) is 6.13. The van der Waals surface area contributed by atoms with Crippen molar-refractivity contribution in [3.63, 3.8) is 0 Å². The minimum Gasteiger partial charge on any atom is -0.469 e. The van der Waals surface area contributed by atoms with Gasteiger partial charge in [-0.2, -0.15) is 0 Å². The van der Waals surface area contributed by atoms with Crippen LogP contribution in [0.15, 0.2) is 28.7 Å². The van der Waals surface area contributed by atoms with Crippen molar-refractivity contribution in [2.75, 3.05) is 13.7 Å². The summed E-state index contributed by atoms with van der Waals surface area (Å²) in [5.41, 5.74) is 6.65. The lowest BCUT2D eigenvalue weighted by molar-refractivity contribution is -0.140. The molecule has 0 aliphatic heterocycles. The first-order valence-corrected chi connectivity index (χ1v) is 8.74. The van der Waals surface area contributed by atoms with Crippen molar-refractivity contribution in [3.05, 3.63) is 35.6 Å². The Labute approximate surface area is 152 Å². The monoisotopic (exact) mass is 359 g/mol. The summed E-state index contributed by atoms with van der Waals surface area (Å²) in [5.74, 6) is -0.195. The molecule has 1 aromatic carbocycles. The normalized spacial score (nSPS) is 10.7. The number of rotatable bonds is 10. The topological polar surface area (TPSA) is 118 Å². The fourth-order valence-electron chi connectivity index (χ4n) is 2.64. The Hall–Kier alpha value is -2.83. The van der Waals surface area contributed by atoms with Gasteiger partial charge in [-0.15, -0.1) is 0 Å². The highest BCUT2D eigenvalue weighted by Crippen LogP contribution is 2.20. The van der Waals surface area contributed by atoms with Crippen molar-refractivity contribution in [3.8, 4) is 0 Å². The predicted molar refractivity (Wildman–Crippen MR) is 99.3 cm³/mol. The van der Waals surface area contributed by atoms with Gasteiger partial charge < -0.3 is 20.2 Å². The minimum absolute atomic E-state index is 0.0225. The molecule has 0 atom stereocenters. The van der Waals surface area contributed by atoms with Crippen LogP contribution in [0, 0.1) is 5.41 Å². The van der Waals surface area contributed by atoms with Crippen molar-refractivity contribution in [1.29, 1.82) is 5.41 Å². The summed E-state index contributed by atoms with van der Waals surface area (Å²) in [6, 6.07) is 6.78. The number of nitrogens with two attached hydrogens (primary N) is 1. The van der Waals surface area contributed by atoms with Crippen LogP contribution in [0.2, 0.25) is 0 Å². The van der Waals surface area contributed by atoms with Crippen LogP contribution in [-0.2, 0) is 9.53 Å². The molecular formula is C19H25N3O4. The Balaban J connectivity index is 1.70. The van der Waals surface area contributed by atoms with Gasteiger partial charge in [-0.1, -0.05) is 19.3 Å². The van der Waals surface area contributed by atoms with E-state index in [1.54, 1.807) is 24.3 Å². The van der Waals surface area contributed by atoms with E-state index in [4.69, 9.17) is 15.6 Å². The molecule has 0 aliphatic rings. The predicted octanol–water partition coefficient (Wildman–Crippen LogP) is 2.96. The van der Waals surface area contributed by atoms with Crippen LogP contribution >= 0.6 is 0 Å². The number of ether oxygens (including phenoxy) is 1. The molecule has 0 bridgehead atoms. The van der Waals surface area contributed by atoms with Crippen LogP contribution in [-0.4, -0.2) is 31.4 Å². The summed E-state index contributed by atoms with van der Waals surface area (Å²) in [6.07, 6.45) is 5.16. The van der Waals surface area contributed by atoms with Gasteiger partial charge >= 0.3 is 5.97 Å². The summed E-state index contributed by atoms with van der Waals surface area (Å²) in [6.45, 7) is 0.575. The Kier molecular flexibility index (Phi) is 7.20. The number of methoxy groups -OCH3 is 1. The van der Waals surface area contributed by atoms with Crippen LogP contribution < -0.4 is 11.1 Å². The van der Waals surface area contributed by atoms with E-state index in [-0.39, 0.29) is 23.5 Å². The first-order valence-electron chi connectivity index (χ1n) is 8.74. The molecule has 7 nitrogen and oxygen atoms in total. The number of fused-ring (bicyclic) bond motifs is 1. The Bertz CT molecular complexity index is 782. The van der Waals surface area contributed by atoms with Crippen molar-refractivity contribution < 1.29 is 18.7 Å². The number of nitrogens with one attached hydrogen (secondary N) is 2. The maximum absolute atomic E-state index is 12.2. The molecule has 0 fully saturated rings. The highest BCUT2D eigenvalue weighted by Gasteiger charge is 2.12. The molecule has 140 valence electrons. The first kappa shape index (κ1) is 19.5. The number of esters is 1. The van der Waals surface area contributed by atoms with Gasteiger partial charge in [0.05, 0.1) is 7.11 Å². The molecule has 26 heavy (non-hydrogen) atoms. The van der Waals surface area contributed by atoms with Crippen LogP contribution in [0.1, 0.15) is 54.6 Å². The van der Waals surface area contributed by atoms with Crippen molar-refractivity contribution in [2.45, 2.75) is 38.5 Å². The van der Waals surface area contributed by atoms with Gasteiger partial charge in [-0.25, -0.2) is 0 Å². The number of carbonyl (C=O) groups is 2. The van der Waals surface area contributed by atoms with E-state index in [1.807, 2.05) is 0 Å². The van der Waals surface area contributed by atoms with E-state index >= 15 is 0 Å². The first-order chi connectivity index (χ1) is 12.5. The zero-order valence-corrected chi connectivity index (χ0v) is 15.0. The van der Waals surface area contributed by atoms with E-state index in [9.17, 15) is 9.59 Å². The van der Waals surface area contributed by atoms with Gasteiger partial charge in [0.1, 0.15) is 11.4 Å². The number of furan rings is 1. The summed E-state index contributed by atoms with van der Waals surface area (Å²) in [5, 5.41) is 11.0. The van der Waals surface area contributed by atoms with Gasteiger partial charge in [0, 0.05) is 23.9 Å². The highest BCUT2D eigenvalue weighted by atomic mass is 16.5. The molecule has 0 saturated carbocycles. The molecule has 1 amide bonds. The molecule has 0 spiro atoms. The summed E-state index contributed by atoms with van der Waals surface area (Å²) >= 11 is 0. The lowest BCUT2D eigenvalue weighted by atomic mass is 10.1. The van der Waals surface area contributed by atoms with E-state index < -0.39 is 0 Å². The number of carbonyl (C=O) groups excluding carboxylic acids is 2. The number of amides is 1. The fraction of sp³-hybridized carbons (Fsp3) is 0.421.